The van der Waals surface area contributed by atoms with Crippen LogP contribution in [0.4, 0.5) is 4.39 Å². The molecule has 3 aromatic carbocycles. The summed E-state index contributed by atoms with van der Waals surface area (Å²) in [4.78, 5) is 33.6. The largest absolute Gasteiger partial charge is 0.497 e. The van der Waals surface area contributed by atoms with Gasteiger partial charge in [-0.2, -0.15) is 10.2 Å². The van der Waals surface area contributed by atoms with Gasteiger partial charge in [0.1, 0.15) is 17.0 Å². The number of benzene rings is 3. The monoisotopic (exact) mass is 554 g/mol. The first-order chi connectivity index (χ1) is 19.5. The molecule has 0 bridgehead atoms. The van der Waals surface area contributed by atoms with Crippen molar-refractivity contribution in [2.45, 2.75) is 17.6 Å². The molecule has 1 aliphatic rings. The predicted octanol–water partition coefficient (Wildman–Crippen LogP) is 4.73. The zero-order valence-corrected chi connectivity index (χ0v) is 22.1. The van der Waals surface area contributed by atoms with Crippen molar-refractivity contribution in [1.82, 2.24) is 24.8 Å². The Balaban J connectivity index is 1.27. The Kier molecular flexibility index (Phi) is 6.87. The molecule has 0 spiro atoms. The lowest BCUT2D eigenvalue weighted by molar-refractivity contribution is -0.130. The van der Waals surface area contributed by atoms with Gasteiger partial charge in [0.15, 0.2) is 10.8 Å². The smallest absolute Gasteiger partial charge is 0.262 e. The van der Waals surface area contributed by atoms with E-state index in [2.05, 4.69) is 20.2 Å². The predicted molar refractivity (Wildman–Crippen MR) is 150 cm³/mol. The Hall–Kier alpha value is -4.77. The molecule has 5 aromatic rings. The van der Waals surface area contributed by atoms with Gasteiger partial charge in [0.05, 0.1) is 36.5 Å². The quantitative estimate of drug-likeness (QED) is 0.230. The molecular weight excluding hydrogens is 531 g/mol. The van der Waals surface area contributed by atoms with Gasteiger partial charge in [-0.1, -0.05) is 42.1 Å². The molecule has 9 nitrogen and oxygen atoms in total. The fraction of sp³-hybridized carbons (Fsp3) is 0.138. The van der Waals surface area contributed by atoms with E-state index in [1.165, 1.54) is 23.3 Å². The number of amides is 1. The van der Waals surface area contributed by atoms with E-state index in [0.29, 0.717) is 28.4 Å². The number of hydrazone groups is 1. The molecular formula is C29H23FN6O3S. The maximum Gasteiger partial charge on any atom is 0.262 e. The molecule has 11 heteroatoms. The highest BCUT2D eigenvalue weighted by Crippen LogP contribution is 2.34. The Bertz CT molecular complexity index is 1770. The van der Waals surface area contributed by atoms with Crippen LogP contribution >= 0.6 is 11.8 Å². The highest BCUT2D eigenvalue weighted by molar-refractivity contribution is 7.99. The van der Waals surface area contributed by atoms with E-state index in [1.807, 2.05) is 54.6 Å². The average Bonchev–Trinajstić information content (AvgIpc) is 3.63. The number of H-pyrrole nitrogens is 1. The number of aromatic nitrogens is 4. The minimum atomic E-state index is -0.403. The summed E-state index contributed by atoms with van der Waals surface area (Å²) in [6, 6.07) is 22.5. The van der Waals surface area contributed by atoms with Gasteiger partial charge in [0, 0.05) is 6.42 Å². The highest BCUT2D eigenvalue weighted by atomic mass is 32.2. The van der Waals surface area contributed by atoms with Crippen LogP contribution in [0.5, 0.6) is 5.75 Å². The number of carbonyl (C=O) groups is 1. The maximum atomic E-state index is 13.6. The molecule has 1 atom stereocenters. The van der Waals surface area contributed by atoms with Crippen LogP contribution in [-0.4, -0.2) is 49.2 Å². The standard InChI is InChI=1S/C29H23FN6O3S/c1-39-22-13-9-18(10-14-22)24-15-25(19-7-11-20(30)12-8-19)36(34-24)26(37)17-40-29-32-27-23(28(38)33-29)16-31-35(27)21-5-3-2-4-6-21/h2-14,16,25H,15,17H2,1H3,(H,32,33,38). The van der Waals surface area contributed by atoms with Gasteiger partial charge in [-0.3, -0.25) is 9.59 Å². The zero-order valence-electron chi connectivity index (χ0n) is 21.3. The second-order valence-corrected chi connectivity index (χ2v) is 10.0. The fourth-order valence-corrected chi connectivity index (χ4v) is 5.27. The number of para-hydroxylation sites is 1. The summed E-state index contributed by atoms with van der Waals surface area (Å²) >= 11 is 1.11. The van der Waals surface area contributed by atoms with E-state index in [0.717, 1.165) is 34.3 Å². The van der Waals surface area contributed by atoms with Crippen molar-refractivity contribution in [3.8, 4) is 11.4 Å². The number of rotatable bonds is 7. The second-order valence-electron chi connectivity index (χ2n) is 9.07. The van der Waals surface area contributed by atoms with Crippen molar-refractivity contribution in [3.05, 3.63) is 112 Å². The van der Waals surface area contributed by atoms with Gasteiger partial charge in [-0.05, 0) is 59.7 Å². The number of hydrogen-bond donors (Lipinski definition) is 1. The molecule has 0 aliphatic carbocycles. The van der Waals surface area contributed by atoms with E-state index in [-0.39, 0.29) is 23.0 Å². The zero-order chi connectivity index (χ0) is 27.6. The van der Waals surface area contributed by atoms with E-state index < -0.39 is 6.04 Å². The molecule has 1 amide bonds. The van der Waals surface area contributed by atoms with Crippen LogP contribution in [0.15, 0.2) is 100 Å². The Morgan fingerprint density at radius 3 is 2.55 bits per heavy atom. The lowest BCUT2D eigenvalue weighted by Crippen LogP contribution is -2.28. The van der Waals surface area contributed by atoms with Crippen LogP contribution in [0.3, 0.4) is 0 Å². The summed E-state index contributed by atoms with van der Waals surface area (Å²) < 4.78 is 20.5. The summed E-state index contributed by atoms with van der Waals surface area (Å²) in [5.41, 5.74) is 3.19. The minimum absolute atomic E-state index is 0.0228. The number of methoxy groups -OCH3 is 1. The topological polar surface area (TPSA) is 105 Å². The summed E-state index contributed by atoms with van der Waals surface area (Å²) in [5.74, 6) is 0.0630. The van der Waals surface area contributed by atoms with Gasteiger partial charge in [0.25, 0.3) is 11.5 Å². The van der Waals surface area contributed by atoms with Crippen LogP contribution in [0.2, 0.25) is 0 Å². The molecule has 0 radical (unpaired) electrons. The number of aromatic amines is 1. The van der Waals surface area contributed by atoms with Crippen LogP contribution in [0, 0.1) is 5.82 Å². The maximum absolute atomic E-state index is 13.6. The van der Waals surface area contributed by atoms with Crippen molar-refractivity contribution in [3.63, 3.8) is 0 Å². The third-order valence-electron chi connectivity index (χ3n) is 6.59. The first-order valence-electron chi connectivity index (χ1n) is 12.5. The third kappa shape index (κ3) is 4.98. The molecule has 200 valence electrons. The second kappa shape index (κ2) is 10.8. The Morgan fingerprint density at radius 1 is 1.07 bits per heavy atom. The highest BCUT2D eigenvalue weighted by Gasteiger charge is 2.33. The van der Waals surface area contributed by atoms with Gasteiger partial charge >= 0.3 is 0 Å². The molecule has 6 rings (SSSR count). The SMILES string of the molecule is COc1ccc(C2=NN(C(=O)CSc3nc4c(cnn4-c4ccccc4)c(=O)[nH]3)C(c3ccc(F)cc3)C2)cc1. The van der Waals surface area contributed by atoms with Crippen LogP contribution in [0.1, 0.15) is 23.6 Å². The molecule has 3 heterocycles. The minimum Gasteiger partial charge on any atom is -0.497 e. The number of thioether (sulfide) groups is 1. The van der Waals surface area contributed by atoms with E-state index >= 15 is 0 Å². The van der Waals surface area contributed by atoms with Gasteiger partial charge in [-0.15, -0.1) is 0 Å². The van der Waals surface area contributed by atoms with Gasteiger partial charge in [0.2, 0.25) is 0 Å². The Morgan fingerprint density at radius 2 is 1.82 bits per heavy atom. The van der Waals surface area contributed by atoms with Crippen molar-refractivity contribution >= 4 is 34.4 Å². The summed E-state index contributed by atoms with van der Waals surface area (Å²) in [5, 5.41) is 11.1. The lowest BCUT2D eigenvalue weighted by atomic mass is 9.98. The Labute approximate surface area is 232 Å². The number of halogens is 1. The van der Waals surface area contributed by atoms with Crippen molar-refractivity contribution in [2.75, 3.05) is 12.9 Å². The molecule has 40 heavy (non-hydrogen) atoms. The van der Waals surface area contributed by atoms with Gasteiger partial charge < -0.3 is 9.72 Å². The number of nitrogens with zero attached hydrogens (tertiary/aromatic N) is 5. The molecule has 1 aliphatic heterocycles. The van der Waals surface area contributed by atoms with Crippen molar-refractivity contribution < 1.29 is 13.9 Å². The van der Waals surface area contributed by atoms with Crippen LogP contribution < -0.4 is 10.3 Å². The number of ether oxygens (including phenoxy) is 1. The average molecular weight is 555 g/mol. The van der Waals surface area contributed by atoms with Gasteiger partial charge in [-0.25, -0.2) is 19.1 Å². The van der Waals surface area contributed by atoms with Crippen molar-refractivity contribution in [1.29, 1.82) is 0 Å². The van der Waals surface area contributed by atoms with Crippen LogP contribution in [-0.2, 0) is 4.79 Å². The molecule has 2 aromatic heterocycles. The van der Waals surface area contributed by atoms with Crippen molar-refractivity contribution in [2.24, 2.45) is 5.10 Å². The fourth-order valence-electron chi connectivity index (χ4n) is 4.56. The number of fused-ring (bicyclic) bond motifs is 1. The molecule has 1 N–H and O–H groups in total. The van der Waals surface area contributed by atoms with E-state index in [1.54, 1.807) is 23.9 Å². The molecule has 0 saturated heterocycles. The number of hydrogen-bond acceptors (Lipinski definition) is 7. The first kappa shape index (κ1) is 25.5. The number of nitrogens with one attached hydrogen (secondary N) is 1. The summed E-state index contributed by atoms with van der Waals surface area (Å²) in [7, 11) is 1.60. The molecule has 0 fully saturated rings. The van der Waals surface area contributed by atoms with E-state index in [4.69, 9.17) is 4.74 Å². The lowest BCUT2D eigenvalue weighted by Gasteiger charge is -2.22. The van der Waals surface area contributed by atoms with E-state index in [9.17, 15) is 14.0 Å². The first-order valence-corrected chi connectivity index (χ1v) is 13.4. The molecule has 1 unspecified atom stereocenters. The summed E-state index contributed by atoms with van der Waals surface area (Å²) in [6.45, 7) is 0. The third-order valence-corrected chi connectivity index (χ3v) is 7.45. The van der Waals surface area contributed by atoms with Crippen LogP contribution in [0.25, 0.3) is 16.7 Å². The summed E-state index contributed by atoms with van der Waals surface area (Å²) in [6.07, 6.45) is 1.94. The molecule has 0 saturated carbocycles. The number of carbonyl (C=O) groups excluding carboxylic acids is 1. The normalized spacial score (nSPS) is 14.9.